The number of aliphatic carboxylic acids is 1. The summed E-state index contributed by atoms with van der Waals surface area (Å²) in [5, 5.41) is 26.0. The van der Waals surface area contributed by atoms with E-state index in [4.69, 9.17) is 37.3 Å². The van der Waals surface area contributed by atoms with Gasteiger partial charge < -0.3 is 25.6 Å². The van der Waals surface area contributed by atoms with Crippen LogP contribution in [-0.2, 0) is 27.3 Å². The van der Waals surface area contributed by atoms with E-state index in [1.807, 2.05) is 6.07 Å². The molecule has 20 heteroatoms. The van der Waals surface area contributed by atoms with E-state index < -0.39 is 54.6 Å². The number of carbonyl (C=O) groups is 2. The highest BCUT2D eigenvalue weighted by atomic mass is 79.9. The van der Waals surface area contributed by atoms with Crippen molar-refractivity contribution in [2.45, 2.75) is 38.6 Å². The smallest absolute Gasteiger partial charge is 0.431 e. The van der Waals surface area contributed by atoms with E-state index in [0.29, 0.717) is 29.7 Å². The number of nitrogens with two attached hydrogens (primary N) is 1. The maximum absolute atomic E-state index is 12.9. The van der Waals surface area contributed by atoms with E-state index in [9.17, 15) is 42.0 Å². The molecule has 3 aromatic rings. The number of carboxylic acids is 1. The molecule has 2 atom stereocenters. The fraction of sp³-hybridized carbons (Fsp3) is 0.321. The third kappa shape index (κ3) is 12.9. The summed E-state index contributed by atoms with van der Waals surface area (Å²) < 4.78 is 56.2. The number of benzene rings is 2. The van der Waals surface area contributed by atoms with Gasteiger partial charge in [-0.2, -0.15) is 18.4 Å². The molecule has 0 aliphatic carbocycles. The summed E-state index contributed by atoms with van der Waals surface area (Å²) >= 11 is 12.2. The summed E-state index contributed by atoms with van der Waals surface area (Å²) in [4.78, 5) is 55.3. The molecule has 2 unspecified atom stereocenters. The Morgan fingerprint density at radius 1 is 1.15 bits per heavy atom. The number of rotatable bonds is 7. The second-order valence-electron chi connectivity index (χ2n) is 10.1. The molecule has 0 radical (unpaired) electrons. The van der Waals surface area contributed by atoms with Gasteiger partial charge in [-0.1, -0.05) is 11.6 Å². The van der Waals surface area contributed by atoms with Gasteiger partial charge in [0.1, 0.15) is 17.5 Å². The van der Waals surface area contributed by atoms with Gasteiger partial charge in [0.2, 0.25) is 0 Å². The molecule has 0 fully saturated rings. The second-order valence-corrected chi connectivity index (χ2v) is 14.7. The Bertz CT molecular complexity index is 1850. The number of carbonyl (C=O) groups excluding carboxylic acids is 1. The van der Waals surface area contributed by atoms with Crippen molar-refractivity contribution in [2.75, 3.05) is 12.8 Å². The van der Waals surface area contributed by atoms with Crippen LogP contribution in [0, 0.1) is 11.3 Å². The number of hydrogen-bond donors (Lipinski definition) is 4. The molecule has 3 rings (SSSR count). The number of nitrogens with zero attached hydrogens (tertiary/aromatic N) is 3. The third-order valence-electron chi connectivity index (χ3n) is 5.70. The van der Waals surface area contributed by atoms with Gasteiger partial charge in [-0.3, -0.25) is 18.7 Å². The number of nitriles is 1. The van der Waals surface area contributed by atoms with Gasteiger partial charge in [0, 0.05) is 25.9 Å². The van der Waals surface area contributed by atoms with Crippen molar-refractivity contribution in [2.24, 2.45) is 12.8 Å². The molecule has 1 heterocycles. The lowest BCUT2D eigenvalue weighted by atomic mass is 10.2. The maximum Gasteiger partial charge on any atom is 0.431 e. The fourth-order valence-corrected chi connectivity index (χ4v) is 5.49. The first-order chi connectivity index (χ1) is 21.9. The van der Waals surface area contributed by atoms with Crippen molar-refractivity contribution in [3.05, 3.63) is 88.0 Å². The van der Waals surface area contributed by atoms with E-state index >= 15 is 0 Å². The standard InChI is InChI=1S/C16H14ClF3N2O4.C7H3Br2NO.C5H12NO4P/c1-8(2)26-14(24)10-6-9(4-5-11(10)17)22-13(23)7-12(16(18,19)20)21(3)15(22)25;8-5-1-4(3-10)2-6(9)7(5)11;1-11(9,10)3-2-4(6)5(7)8/h4-8H,1-3H3;1-2,11H;4H,2-3,6H2,1H3,(H,7,8)(H,9,10). The van der Waals surface area contributed by atoms with Gasteiger partial charge >= 0.3 is 23.8 Å². The number of phenolic OH excluding ortho intramolecular Hbond substituents is 1. The van der Waals surface area contributed by atoms with Crippen LogP contribution >= 0.6 is 50.8 Å². The number of aromatic hydroxyl groups is 1. The quantitative estimate of drug-likeness (QED) is 0.178. The zero-order valence-corrected chi connectivity index (χ0v) is 30.3. The Morgan fingerprint density at radius 3 is 2.12 bits per heavy atom. The maximum atomic E-state index is 12.9. The topological polar surface area (TPSA) is 215 Å². The van der Waals surface area contributed by atoms with Gasteiger partial charge in [0.15, 0.2) is 7.37 Å². The SMILES string of the molecule is CC(C)OC(=O)c1cc(-n2c(=O)cc(C(F)(F)F)n(C)c2=O)ccc1Cl.CP(=O)(O)CCC(N)C(=O)O.N#Cc1cc(Br)c(O)c(Br)c1. The highest BCUT2D eigenvalue weighted by molar-refractivity contribution is 9.11. The number of ether oxygens (including phenoxy) is 1. The lowest BCUT2D eigenvalue weighted by Crippen LogP contribution is -2.40. The first-order valence-corrected chi connectivity index (χ1v) is 17.4. The summed E-state index contributed by atoms with van der Waals surface area (Å²) in [5.74, 6) is -1.81. The number of hydrogen-bond acceptors (Lipinski definition) is 9. The number of phenols is 1. The zero-order chi connectivity index (χ0) is 37.3. The van der Waals surface area contributed by atoms with Gasteiger partial charge in [0.25, 0.3) is 5.56 Å². The molecular weight excluding hydrogens is 820 g/mol. The number of alkyl halides is 3. The summed E-state index contributed by atoms with van der Waals surface area (Å²) in [6, 6.07) is 7.95. The average Bonchev–Trinajstić information content (AvgIpc) is 2.96. The fourth-order valence-electron chi connectivity index (χ4n) is 3.35. The molecule has 0 aliphatic rings. The van der Waals surface area contributed by atoms with Crippen LogP contribution in [0.4, 0.5) is 13.2 Å². The Kier molecular flexibility index (Phi) is 15.8. The van der Waals surface area contributed by atoms with Gasteiger partial charge in [0.05, 0.1) is 43.0 Å². The highest BCUT2D eigenvalue weighted by Gasteiger charge is 2.35. The molecule has 0 amide bonds. The lowest BCUT2D eigenvalue weighted by Gasteiger charge is -2.15. The number of carboxylic acid groups (broad SMARTS) is 1. The van der Waals surface area contributed by atoms with Crippen LogP contribution in [-0.4, -0.2) is 61.2 Å². The Hall–Kier alpha value is -3.46. The van der Waals surface area contributed by atoms with Crippen LogP contribution in [0.15, 0.2) is 54.9 Å². The van der Waals surface area contributed by atoms with E-state index in [2.05, 4.69) is 31.9 Å². The Labute approximate surface area is 293 Å². The monoisotopic (exact) mass is 846 g/mol. The minimum absolute atomic E-state index is 0.0104. The Balaban J connectivity index is 0.000000431. The van der Waals surface area contributed by atoms with Crippen molar-refractivity contribution >= 4 is 62.8 Å². The Morgan fingerprint density at radius 2 is 1.69 bits per heavy atom. The third-order valence-corrected chi connectivity index (χ3v) is 8.33. The van der Waals surface area contributed by atoms with Crippen LogP contribution in [0.25, 0.3) is 5.69 Å². The number of aromatic nitrogens is 2. The summed E-state index contributed by atoms with van der Waals surface area (Å²) in [7, 11) is -2.21. The minimum Gasteiger partial charge on any atom is -0.506 e. The van der Waals surface area contributed by atoms with Crippen LogP contribution < -0.4 is 17.0 Å². The average molecular weight is 849 g/mol. The number of halogens is 6. The normalized spacial score (nSPS) is 12.8. The van der Waals surface area contributed by atoms with Crippen molar-refractivity contribution in [1.82, 2.24) is 9.13 Å². The lowest BCUT2D eigenvalue weighted by molar-refractivity contribution is -0.144. The molecule has 48 heavy (non-hydrogen) atoms. The van der Waals surface area contributed by atoms with E-state index in [1.165, 1.54) is 18.8 Å². The molecule has 0 bridgehead atoms. The minimum atomic E-state index is -4.86. The van der Waals surface area contributed by atoms with Crippen LogP contribution in [0.5, 0.6) is 5.75 Å². The van der Waals surface area contributed by atoms with Gasteiger partial charge in [-0.15, -0.1) is 0 Å². The van der Waals surface area contributed by atoms with E-state index in [0.717, 1.165) is 13.1 Å². The van der Waals surface area contributed by atoms with Gasteiger partial charge in [-0.25, -0.2) is 14.2 Å². The summed E-state index contributed by atoms with van der Waals surface area (Å²) in [5.41, 5.74) is 1.59. The predicted molar refractivity (Wildman–Crippen MR) is 177 cm³/mol. The van der Waals surface area contributed by atoms with Crippen LogP contribution in [0.3, 0.4) is 0 Å². The van der Waals surface area contributed by atoms with Crippen molar-refractivity contribution in [3.8, 4) is 17.5 Å². The van der Waals surface area contributed by atoms with Crippen molar-refractivity contribution < 1.29 is 47.2 Å². The molecule has 2 aromatic carbocycles. The molecule has 13 nitrogen and oxygen atoms in total. The zero-order valence-electron chi connectivity index (χ0n) is 25.5. The summed E-state index contributed by atoms with van der Waals surface area (Å²) in [6.45, 7) is 4.42. The number of esters is 1. The molecule has 262 valence electrons. The van der Waals surface area contributed by atoms with Crippen LogP contribution in [0.2, 0.25) is 5.02 Å². The van der Waals surface area contributed by atoms with Crippen LogP contribution in [0.1, 0.15) is 41.9 Å². The first-order valence-electron chi connectivity index (χ1n) is 13.2. The first kappa shape index (κ1) is 42.6. The largest absolute Gasteiger partial charge is 0.506 e. The highest BCUT2D eigenvalue weighted by Crippen LogP contribution is 2.36. The van der Waals surface area contributed by atoms with Crippen molar-refractivity contribution in [1.29, 1.82) is 5.26 Å². The molecule has 1 aromatic heterocycles. The second kappa shape index (κ2) is 17.8. The van der Waals surface area contributed by atoms with Crippen molar-refractivity contribution in [3.63, 3.8) is 0 Å². The molecule has 0 spiro atoms. The van der Waals surface area contributed by atoms with Gasteiger partial charge in [-0.05, 0) is 82.5 Å². The summed E-state index contributed by atoms with van der Waals surface area (Å²) in [6.07, 6.45) is -5.30. The molecule has 0 aliphatic heterocycles. The molecule has 0 saturated heterocycles. The molecule has 0 saturated carbocycles. The van der Waals surface area contributed by atoms with E-state index in [-0.39, 0.29) is 34.6 Å². The molecule has 5 N–H and O–H groups in total. The predicted octanol–water partition coefficient (Wildman–Crippen LogP) is 5.25. The van der Waals surface area contributed by atoms with E-state index in [1.54, 1.807) is 26.0 Å². The molecular formula is C28H29Br2ClF3N4O9P.